The van der Waals surface area contributed by atoms with Crippen molar-refractivity contribution in [3.05, 3.63) is 36.2 Å². The van der Waals surface area contributed by atoms with Crippen LogP contribution in [0.4, 0.5) is 0 Å². The van der Waals surface area contributed by atoms with Crippen molar-refractivity contribution < 1.29 is 4.79 Å². The summed E-state index contributed by atoms with van der Waals surface area (Å²) in [6.07, 6.45) is 4.57. The van der Waals surface area contributed by atoms with Gasteiger partial charge in [-0.1, -0.05) is 19.1 Å². The number of amides is 1. The van der Waals surface area contributed by atoms with Crippen LogP contribution in [-0.4, -0.2) is 46.5 Å². The summed E-state index contributed by atoms with van der Waals surface area (Å²) in [5, 5.41) is 3.35. The van der Waals surface area contributed by atoms with Gasteiger partial charge in [-0.3, -0.25) is 9.78 Å². The Hall–Kier alpha value is -1.43. The molecule has 1 aromatic heterocycles. The largest absolute Gasteiger partial charge is 0.334 e. The van der Waals surface area contributed by atoms with Gasteiger partial charge < -0.3 is 10.2 Å². The molecule has 0 bridgehead atoms. The first-order valence-corrected chi connectivity index (χ1v) is 8.03. The first kappa shape index (κ1) is 20.6. The van der Waals surface area contributed by atoms with E-state index in [-0.39, 0.29) is 30.7 Å². The van der Waals surface area contributed by atoms with Crippen LogP contribution in [0.25, 0.3) is 11.0 Å². The summed E-state index contributed by atoms with van der Waals surface area (Å²) in [5.74, 6) is 0.00648. The monoisotopic (exact) mass is 370 g/mol. The second-order valence-corrected chi connectivity index (χ2v) is 5.72. The van der Waals surface area contributed by atoms with Crippen molar-refractivity contribution >= 4 is 41.8 Å². The molecule has 2 heterocycles. The number of hydrogen-bond acceptors (Lipinski definition) is 4. The van der Waals surface area contributed by atoms with Crippen LogP contribution in [0.5, 0.6) is 0 Å². The SMILES string of the molecule is CCCN(C(=O)c1cnc2ccccc2n1)C1CCNCC1.Cl.Cl. The van der Waals surface area contributed by atoms with Gasteiger partial charge in [0.25, 0.3) is 5.91 Å². The number of rotatable bonds is 4. The number of aromatic nitrogens is 2. The van der Waals surface area contributed by atoms with Gasteiger partial charge in [0.05, 0.1) is 17.2 Å². The number of piperidine rings is 1. The zero-order valence-corrected chi connectivity index (χ0v) is 15.4. The molecule has 0 radical (unpaired) electrons. The van der Waals surface area contributed by atoms with E-state index in [2.05, 4.69) is 22.2 Å². The summed E-state index contributed by atoms with van der Waals surface area (Å²) < 4.78 is 0. The molecule has 3 rings (SSSR count). The van der Waals surface area contributed by atoms with Crippen molar-refractivity contribution in [1.29, 1.82) is 0 Å². The number of hydrogen-bond donors (Lipinski definition) is 1. The zero-order valence-electron chi connectivity index (χ0n) is 13.8. The quantitative estimate of drug-likeness (QED) is 0.898. The second-order valence-electron chi connectivity index (χ2n) is 5.72. The summed E-state index contributed by atoms with van der Waals surface area (Å²) in [6, 6.07) is 7.96. The predicted octanol–water partition coefficient (Wildman–Crippen LogP) is 3.08. The molecule has 0 spiro atoms. The van der Waals surface area contributed by atoms with Crippen LogP contribution in [0.2, 0.25) is 0 Å². The Balaban J connectivity index is 0.00000144. The van der Waals surface area contributed by atoms with Crippen molar-refractivity contribution in [3.8, 4) is 0 Å². The number of halogens is 2. The van der Waals surface area contributed by atoms with Gasteiger partial charge in [0.1, 0.15) is 5.69 Å². The average Bonchev–Trinajstić information content (AvgIpc) is 2.59. The molecule has 2 aromatic rings. The van der Waals surface area contributed by atoms with Crippen molar-refractivity contribution in [3.63, 3.8) is 0 Å². The zero-order chi connectivity index (χ0) is 15.4. The molecule has 1 amide bonds. The maximum atomic E-state index is 12.9. The molecule has 1 saturated heterocycles. The van der Waals surface area contributed by atoms with Gasteiger partial charge in [-0.15, -0.1) is 24.8 Å². The molecule has 1 aromatic carbocycles. The Bertz CT molecular complexity index is 662. The summed E-state index contributed by atoms with van der Waals surface area (Å²) in [6.45, 7) is 4.83. The Kier molecular flexibility index (Phi) is 8.39. The molecular formula is C17H24Cl2N4O. The molecule has 1 N–H and O–H groups in total. The molecule has 0 saturated carbocycles. The minimum Gasteiger partial charge on any atom is -0.334 e. The highest BCUT2D eigenvalue weighted by molar-refractivity contribution is 5.94. The lowest BCUT2D eigenvalue weighted by Crippen LogP contribution is -2.46. The third-order valence-electron chi connectivity index (χ3n) is 4.14. The fraction of sp³-hybridized carbons (Fsp3) is 0.471. The fourth-order valence-electron chi connectivity index (χ4n) is 3.02. The van der Waals surface area contributed by atoms with Crippen LogP contribution >= 0.6 is 24.8 Å². The number of carbonyl (C=O) groups excluding carboxylic acids is 1. The van der Waals surface area contributed by atoms with Gasteiger partial charge in [-0.2, -0.15) is 0 Å². The standard InChI is InChI=1S/C17H22N4O.2ClH/c1-2-11-21(13-7-9-18-10-8-13)17(22)16-12-19-14-5-3-4-6-15(14)20-16;;/h3-6,12-13,18H,2,7-11H2,1H3;2*1H. The first-order chi connectivity index (χ1) is 10.8. The van der Waals surface area contributed by atoms with Gasteiger partial charge in [0, 0.05) is 12.6 Å². The fourth-order valence-corrected chi connectivity index (χ4v) is 3.02. The maximum Gasteiger partial charge on any atom is 0.274 e. The number of para-hydroxylation sites is 2. The lowest BCUT2D eigenvalue weighted by Gasteiger charge is -2.34. The molecule has 0 aliphatic carbocycles. The van der Waals surface area contributed by atoms with E-state index in [1.54, 1.807) is 6.20 Å². The molecule has 1 aliphatic heterocycles. The Morgan fingerprint density at radius 1 is 1.21 bits per heavy atom. The number of carbonyl (C=O) groups is 1. The molecule has 5 nitrogen and oxygen atoms in total. The molecule has 24 heavy (non-hydrogen) atoms. The predicted molar refractivity (Wildman–Crippen MR) is 101 cm³/mol. The van der Waals surface area contributed by atoms with E-state index in [9.17, 15) is 4.79 Å². The summed E-state index contributed by atoms with van der Waals surface area (Å²) >= 11 is 0. The van der Waals surface area contributed by atoms with Crippen molar-refractivity contribution in [1.82, 2.24) is 20.2 Å². The Morgan fingerprint density at radius 3 is 2.54 bits per heavy atom. The van der Waals surface area contributed by atoms with Crippen LogP contribution in [-0.2, 0) is 0 Å². The number of nitrogens with one attached hydrogen (secondary N) is 1. The summed E-state index contributed by atoms with van der Waals surface area (Å²) in [5.41, 5.74) is 2.05. The minimum absolute atomic E-state index is 0. The molecule has 1 fully saturated rings. The first-order valence-electron chi connectivity index (χ1n) is 8.03. The normalized spacial score (nSPS) is 14.5. The van der Waals surface area contributed by atoms with Crippen molar-refractivity contribution in [2.45, 2.75) is 32.2 Å². The highest BCUT2D eigenvalue weighted by Crippen LogP contribution is 2.16. The maximum absolute atomic E-state index is 12.9. The van der Waals surface area contributed by atoms with Crippen LogP contribution in [0.1, 0.15) is 36.7 Å². The number of nitrogens with zero attached hydrogens (tertiary/aromatic N) is 3. The highest BCUT2D eigenvalue weighted by Gasteiger charge is 2.26. The summed E-state index contributed by atoms with van der Waals surface area (Å²) in [4.78, 5) is 23.7. The summed E-state index contributed by atoms with van der Waals surface area (Å²) in [7, 11) is 0. The molecule has 0 unspecified atom stereocenters. The van der Waals surface area contributed by atoms with E-state index in [0.29, 0.717) is 11.7 Å². The minimum atomic E-state index is 0. The number of fused-ring (bicyclic) bond motifs is 1. The van der Waals surface area contributed by atoms with Gasteiger partial charge in [0.15, 0.2) is 0 Å². The highest BCUT2D eigenvalue weighted by atomic mass is 35.5. The second kappa shape index (κ2) is 9.77. The molecule has 7 heteroatoms. The topological polar surface area (TPSA) is 58.1 Å². The van der Waals surface area contributed by atoms with Crippen LogP contribution in [0, 0.1) is 0 Å². The molecule has 1 aliphatic rings. The molecule has 132 valence electrons. The Morgan fingerprint density at radius 2 is 1.88 bits per heavy atom. The van der Waals surface area contributed by atoms with E-state index >= 15 is 0 Å². The van der Waals surface area contributed by atoms with Gasteiger partial charge in [-0.25, -0.2) is 4.98 Å². The van der Waals surface area contributed by atoms with Crippen molar-refractivity contribution in [2.75, 3.05) is 19.6 Å². The van der Waals surface area contributed by atoms with E-state index in [1.807, 2.05) is 29.2 Å². The average molecular weight is 371 g/mol. The van der Waals surface area contributed by atoms with Gasteiger partial charge in [0.2, 0.25) is 0 Å². The lowest BCUT2D eigenvalue weighted by molar-refractivity contribution is 0.0636. The van der Waals surface area contributed by atoms with Crippen LogP contribution < -0.4 is 5.32 Å². The molecule has 0 atom stereocenters. The Labute approximate surface area is 155 Å². The van der Waals surface area contributed by atoms with Crippen LogP contribution in [0.3, 0.4) is 0 Å². The lowest BCUT2D eigenvalue weighted by atomic mass is 10.0. The van der Waals surface area contributed by atoms with Crippen molar-refractivity contribution in [2.24, 2.45) is 0 Å². The third kappa shape index (κ3) is 4.56. The smallest absolute Gasteiger partial charge is 0.274 e. The van der Waals surface area contributed by atoms with Gasteiger partial charge >= 0.3 is 0 Å². The van der Waals surface area contributed by atoms with Crippen LogP contribution in [0.15, 0.2) is 30.5 Å². The van der Waals surface area contributed by atoms with E-state index in [4.69, 9.17) is 0 Å². The third-order valence-corrected chi connectivity index (χ3v) is 4.14. The number of benzene rings is 1. The molecular weight excluding hydrogens is 347 g/mol. The van der Waals surface area contributed by atoms with E-state index in [0.717, 1.165) is 49.9 Å². The van der Waals surface area contributed by atoms with Gasteiger partial charge in [-0.05, 0) is 44.5 Å². The van der Waals surface area contributed by atoms with E-state index < -0.39 is 0 Å². The van der Waals surface area contributed by atoms with E-state index in [1.165, 1.54) is 0 Å².